The smallest absolute Gasteiger partial charge is 0.165 e. The first-order chi connectivity index (χ1) is 12.6. The largest absolute Gasteiger partial charge is 0.291 e. The van der Waals surface area contributed by atoms with Gasteiger partial charge in [-0.2, -0.15) is 5.06 Å². The molecule has 0 atom stereocenters. The summed E-state index contributed by atoms with van der Waals surface area (Å²) in [5, 5.41) is 10.0. The second kappa shape index (κ2) is 6.74. The van der Waals surface area contributed by atoms with Crippen molar-refractivity contribution in [3.63, 3.8) is 0 Å². The Morgan fingerprint density at radius 1 is 1.19 bits per heavy atom. The molecule has 1 aromatic carbocycles. The van der Waals surface area contributed by atoms with Gasteiger partial charge in [0.05, 0.1) is 17.1 Å². The van der Waals surface area contributed by atoms with Crippen LogP contribution in [0.4, 0.5) is 4.39 Å². The molecule has 0 amide bonds. The minimum atomic E-state index is -0.338. The summed E-state index contributed by atoms with van der Waals surface area (Å²) >= 11 is 0. The van der Waals surface area contributed by atoms with E-state index in [1.807, 2.05) is 22.8 Å². The monoisotopic (exact) mass is 352 g/mol. The standard InChI is InChI=1S/C18H17FN6O/c1-24(2)26-11-17-23-22-16-10-21-18(14-5-3-4-8-20-14)13-9-12(19)6-7-15(13)25(16)17/h3-9H,10-11H2,1-2H3. The Balaban J connectivity index is 1.87. The average molecular weight is 352 g/mol. The summed E-state index contributed by atoms with van der Waals surface area (Å²) in [5.74, 6) is 0.954. The van der Waals surface area contributed by atoms with Gasteiger partial charge in [-0.3, -0.25) is 19.4 Å². The molecule has 26 heavy (non-hydrogen) atoms. The van der Waals surface area contributed by atoms with Crippen LogP contribution in [0.1, 0.15) is 22.9 Å². The van der Waals surface area contributed by atoms with Crippen LogP contribution in [0.5, 0.6) is 0 Å². The number of aromatic nitrogens is 4. The van der Waals surface area contributed by atoms with Gasteiger partial charge in [0.1, 0.15) is 19.0 Å². The number of hydrogen-bond acceptors (Lipinski definition) is 6. The quantitative estimate of drug-likeness (QED) is 0.673. The predicted octanol–water partition coefficient (Wildman–Crippen LogP) is 2.15. The van der Waals surface area contributed by atoms with E-state index in [9.17, 15) is 4.39 Å². The van der Waals surface area contributed by atoms with E-state index in [-0.39, 0.29) is 12.4 Å². The molecule has 0 saturated carbocycles. The summed E-state index contributed by atoms with van der Waals surface area (Å²) in [7, 11) is 3.59. The molecule has 0 bridgehead atoms. The number of benzene rings is 1. The van der Waals surface area contributed by atoms with Crippen molar-refractivity contribution in [1.29, 1.82) is 0 Å². The fourth-order valence-corrected chi connectivity index (χ4v) is 2.86. The van der Waals surface area contributed by atoms with Crippen molar-refractivity contribution in [2.24, 2.45) is 4.99 Å². The molecule has 3 heterocycles. The van der Waals surface area contributed by atoms with Gasteiger partial charge in [-0.1, -0.05) is 6.07 Å². The van der Waals surface area contributed by atoms with Crippen molar-refractivity contribution < 1.29 is 9.23 Å². The number of rotatable bonds is 4. The van der Waals surface area contributed by atoms with E-state index in [0.717, 1.165) is 5.69 Å². The Hall–Kier alpha value is -2.97. The lowest BCUT2D eigenvalue weighted by Crippen LogP contribution is -2.16. The Bertz CT molecular complexity index is 967. The van der Waals surface area contributed by atoms with Gasteiger partial charge in [0.15, 0.2) is 11.6 Å². The Labute approximate surface area is 149 Å². The lowest BCUT2D eigenvalue weighted by Gasteiger charge is -2.14. The number of hydrogen-bond donors (Lipinski definition) is 0. The number of hydroxylamine groups is 2. The van der Waals surface area contributed by atoms with Crippen LogP contribution in [0.15, 0.2) is 47.6 Å². The molecular weight excluding hydrogens is 335 g/mol. The number of halogens is 1. The molecule has 3 aromatic rings. The number of pyridine rings is 1. The molecule has 0 radical (unpaired) electrons. The third-order valence-corrected chi connectivity index (χ3v) is 3.99. The van der Waals surface area contributed by atoms with Gasteiger partial charge in [0.2, 0.25) is 0 Å². The predicted molar refractivity (Wildman–Crippen MR) is 93.4 cm³/mol. The molecule has 132 valence electrons. The van der Waals surface area contributed by atoms with Gasteiger partial charge in [-0.05, 0) is 30.3 Å². The third-order valence-electron chi connectivity index (χ3n) is 3.99. The Morgan fingerprint density at radius 3 is 2.85 bits per heavy atom. The van der Waals surface area contributed by atoms with Gasteiger partial charge in [-0.15, -0.1) is 10.2 Å². The summed E-state index contributed by atoms with van der Waals surface area (Å²) in [5.41, 5.74) is 2.72. The summed E-state index contributed by atoms with van der Waals surface area (Å²) in [4.78, 5) is 14.5. The van der Waals surface area contributed by atoms with Crippen LogP contribution in [0, 0.1) is 5.82 Å². The fraction of sp³-hybridized carbons (Fsp3) is 0.222. The number of aliphatic imine (C=N–C) groups is 1. The van der Waals surface area contributed by atoms with Gasteiger partial charge in [0.25, 0.3) is 0 Å². The van der Waals surface area contributed by atoms with Gasteiger partial charge in [0, 0.05) is 25.9 Å². The molecule has 8 heteroatoms. The maximum atomic E-state index is 14.0. The zero-order valence-electron chi connectivity index (χ0n) is 14.4. The summed E-state index contributed by atoms with van der Waals surface area (Å²) in [6.07, 6.45) is 1.69. The molecule has 0 spiro atoms. The lowest BCUT2D eigenvalue weighted by atomic mass is 10.0. The van der Waals surface area contributed by atoms with Gasteiger partial charge >= 0.3 is 0 Å². The molecule has 0 fully saturated rings. The molecule has 1 aliphatic rings. The molecule has 0 saturated heterocycles. The van der Waals surface area contributed by atoms with E-state index in [1.54, 1.807) is 31.4 Å². The highest BCUT2D eigenvalue weighted by Gasteiger charge is 2.24. The van der Waals surface area contributed by atoms with E-state index < -0.39 is 0 Å². The zero-order chi connectivity index (χ0) is 18.1. The van der Waals surface area contributed by atoms with Crippen LogP contribution < -0.4 is 0 Å². The third kappa shape index (κ3) is 3.00. The summed E-state index contributed by atoms with van der Waals surface area (Å²) in [6, 6.07) is 10.2. The summed E-state index contributed by atoms with van der Waals surface area (Å²) < 4.78 is 15.9. The van der Waals surface area contributed by atoms with Crippen LogP contribution in [0.25, 0.3) is 5.69 Å². The SMILES string of the molecule is CN(C)OCc1nnc2n1-c1ccc(F)cc1C(c1ccccn1)=NC2. The van der Waals surface area contributed by atoms with Crippen LogP contribution in [0.3, 0.4) is 0 Å². The van der Waals surface area contributed by atoms with Crippen LogP contribution in [-0.2, 0) is 18.0 Å². The molecule has 0 unspecified atom stereocenters. The van der Waals surface area contributed by atoms with Crippen LogP contribution in [0.2, 0.25) is 0 Å². The lowest BCUT2D eigenvalue weighted by molar-refractivity contribution is -0.133. The van der Waals surface area contributed by atoms with Crippen molar-refractivity contribution in [2.45, 2.75) is 13.2 Å². The first-order valence-corrected chi connectivity index (χ1v) is 8.13. The highest BCUT2D eigenvalue weighted by atomic mass is 19.1. The highest BCUT2D eigenvalue weighted by Crippen LogP contribution is 2.26. The molecule has 4 rings (SSSR count). The van der Waals surface area contributed by atoms with Gasteiger partial charge < -0.3 is 0 Å². The summed E-state index contributed by atoms with van der Waals surface area (Å²) in [6.45, 7) is 0.562. The van der Waals surface area contributed by atoms with Crippen LogP contribution in [-0.4, -0.2) is 44.6 Å². The van der Waals surface area contributed by atoms with Crippen molar-refractivity contribution in [3.05, 3.63) is 71.3 Å². The van der Waals surface area contributed by atoms with E-state index in [1.165, 1.54) is 12.1 Å². The van der Waals surface area contributed by atoms with Gasteiger partial charge in [-0.25, -0.2) is 4.39 Å². The molecule has 1 aliphatic heterocycles. The molecule has 7 nitrogen and oxygen atoms in total. The highest BCUT2D eigenvalue weighted by molar-refractivity contribution is 6.14. The normalized spacial score (nSPS) is 13.2. The second-order valence-corrected chi connectivity index (χ2v) is 5.99. The number of fused-ring (bicyclic) bond motifs is 3. The minimum Gasteiger partial charge on any atom is -0.291 e. The maximum Gasteiger partial charge on any atom is 0.165 e. The zero-order valence-corrected chi connectivity index (χ0v) is 14.4. The topological polar surface area (TPSA) is 68.4 Å². The second-order valence-electron chi connectivity index (χ2n) is 5.99. The van der Waals surface area contributed by atoms with Crippen molar-refractivity contribution in [1.82, 2.24) is 24.8 Å². The van der Waals surface area contributed by atoms with Crippen molar-refractivity contribution in [2.75, 3.05) is 14.1 Å². The minimum absolute atomic E-state index is 0.246. The average Bonchev–Trinajstić information content (AvgIpc) is 2.97. The van der Waals surface area contributed by atoms with E-state index in [4.69, 9.17) is 4.84 Å². The maximum absolute atomic E-state index is 14.0. The first-order valence-electron chi connectivity index (χ1n) is 8.13. The van der Waals surface area contributed by atoms with Crippen molar-refractivity contribution >= 4 is 5.71 Å². The Morgan fingerprint density at radius 2 is 2.08 bits per heavy atom. The van der Waals surface area contributed by atoms with E-state index in [2.05, 4.69) is 20.2 Å². The Kier molecular flexibility index (Phi) is 4.27. The molecular formula is C18H17FN6O. The van der Waals surface area contributed by atoms with Crippen molar-refractivity contribution in [3.8, 4) is 5.69 Å². The fourth-order valence-electron chi connectivity index (χ4n) is 2.86. The van der Waals surface area contributed by atoms with E-state index in [0.29, 0.717) is 35.2 Å². The first kappa shape index (κ1) is 16.5. The molecule has 0 aliphatic carbocycles. The number of nitrogens with zero attached hydrogens (tertiary/aromatic N) is 6. The van der Waals surface area contributed by atoms with E-state index >= 15 is 0 Å². The molecule has 0 N–H and O–H groups in total. The van der Waals surface area contributed by atoms with Crippen LogP contribution >= 0.6 is 0 Å². The molecule has 2 aromatic heterocycles.